The maximum Gasteiger partial charge on any atom is 0.00669 e. The van der Waals surface area contributed by atoms with Crippen LogP contribution in [-0.2, 0) is 0 Å². The van der Waals surface area contributed by atoms with Crippen molar-refractivity contribution in [3.8, 4) is 0 Å². The molecule has 1 atom stereocenters. The van der Waals surface area contributed by atoms with Crippen LogP contribution in [0.15, 0.2) is 0 Å². The van der Waals surface area contributed by atoms with E-state index in [4.69, 9.17) is 0 Å². The molecule has 0 aromatic rings. The Morgan fingerprint density at radius 2 is 1.86 bits per heavy atom. The highest BCUT2D eigenvalue weighted by Gasteiger charge is 2.20. The lowest BCUT2D eigenvalue weighted by molar-refractivity contribution is 0.132. The number of nitrogens with zero attached hydrogens (tertiary/aromatic N) is 1. The summed E-state index contributed by atoms with van der Waals surface area (Å²) in [6.45, 7) is 9.73. The molecule has 84 valence electrons. The largest absolute Gasteiger partial charge is 0.301 e. The van der Waals surface area contributed by atoms with E-state index in [1.54, 1.807) is 0 Å². The molecule has 0 bridgehead atoms. The fraction of sp³-hybridized carbons (Fsp3) is 1.00. The molecule has 0 aromatic carbocycles. The molecular formula is C13H27N. The van der Waals surface area contributed by atoms with Crippen LogP contribution < -0.4 is 0 Å². The first-order valence-electron chi connectivity index (χ1n) is 6.52. The van der Waals surface area contributed by atoms with Gasteiger partial charge in [0.05, 0.1) is 0 Å². The number of hydrogen-bond donors (Lipinski definition) is 0. The third kappa shape index (κ3) is 3.61. The van der Waals surface area contributed by atoms with Gasteiger partial charge >= 0.3 is 0 Å². The normalized spacial score (nSPS) is 22.5. The number of piperidine rings is 1. The monoisotopic (exact) mass is 197 g/mol. The maximum atomic E-state index is 2.70. The van der Waals surface area contributed by atoms with Gasteiger partial charge in [0.1, 0.15) is 0 Å². The highest BCUT2D eigenvalue weighted by molar-refractivity contribution is 4.75. The number of likely N-dealkylation sites (tertiary alicyclic amines) is 1. The molecule has 0 saturated carbocycles. The van der Waals surface area contributed by atoms with Crippen molar-refractivity contribution in [1.82, 2.24) is 4.90 Å². The summed E-state index contributed by atoms with van der Waals surface area (Å²) >= 11 is 0. The van der Waals surface area contributed by atoms with Crippen LogP contribution in [0.2, 0.25) is 0 Å². The van der Waals surface area contributed by atoms with Crippen molar-refractivity contribution in [2.45, 2.75) is 65.3 Å². The first-order valence-corrected chi connectivity index (χ1v) is 6.52. The van der Waals surface area contributed by atoms with E-state index in [0.717, 1.165) is 12.0 Å². The van der Waals surface area contributed by atoms with Crippen LogP contribution in [0.4, 0.5) is 0 Å². The second kappa shape index (κ2) is 6.44. The molecule has 0 radical (unpaired) electrons. The molecule has 1 saturated heterocycles. The number of hydrogen-bond acceptors (Lipinski definition) is 1. The quantitative estimate of drug-likeness (QED) is 0.650. The predicted molar refractivity (Wildman–Crippen MR) is 63.6 cm³/mol. The van der Waals surface area contributed by atoms with Gasteiger partial charge in [-0.1, -0.05) is 33.1 Å². The van der Waals surface area contributed by atoms with Gasteiger partial charge in [0.2, 0.25) is 0 Å². The van der Waals surface area contributed by atoms with Gasteiger partial charge in [0.15, 0.2) is 0 Å². The Hall–Kier alpha value is -0.0400. The van der Waals surface area contributed by atoms with Gasteiger partial charge in [0, 0.05) is 6.04 Å². The summed E-state index contributed by atoms with van der Waals surface area (Å²) in [6.07, 6.45) is 8.40. The zero-order valence-electron chi connectivity index (χ0n) is 10.3. The average Bonchev–Trinajstić information content (AvgIpc) is 2.26. The smallest absolute Gasteiger partial charge is 0.00669 e. The molecule has 14 heavy (non-hydrogen) atoms. The average molecular weight is 197 g/mol. The van der Waals surface area contributed by atoms with Gasteiger partial charge in [0.25, 0.3) is 0 Å². The van der Waals surface area contributed by atoms with Crippen molar-refractivity contribution in [2.24, 2.45) is 5.92 Å². The Labute approximate surface area is 89.9 Å². The maximum absolute atomic E-state index is 2.70. The van der Waals surface area contributed by atoms with Crippen molar-refractivity contribution in [2.75, 3.05) is 13.1 Å². The van der Waals surface area contributed by atoms with Crippen molar-refractivity contribution in [3.05, 3.63) is 0 Å². The second-order valence-electron chi connectivity index (χ2n) is 4.88. The summed E-state index contributed by atoms with van der Waals surface area (Å²) in [5.41, 5.74) is 0. The highest BCUT2D eigenvalue weighted by Crippen LogP contribution is 2.22. The van der Waals surface area contributed by atoms with Crippen LogP contribution in [0, 0.1) is 5.92 Å². The molecule has 1 aliphatic heterocycles. The molecule has 1 nitrogen and oxygen atoms in total. The molecule has 1 heterocycles. The van der Waals surface area contributed by atoms with E-state index < -0.39 is 0 Å². The molecule has 0 aromatic heterocycles. The SMILES string of the molecule is CCCCC(C)N1CCC(CC)CC1. The van der Waals surface area contributed by atoms with E-state index in [9.17, 15) is 0 Å². The minimum Gasteiger partial charge on any atom is -0.301 e. The van der Waals surface area contributed by atoms with Crippen LogP contribution in [0.5, 0.6) is 0 Å². The molecule has 0 amide bonds. The van der Waals surface area contributed by atoms with Crippen molar-refractivity contribution in [1.29, 1.82) is 0 Å². The molecular weight excluding hydrogens is 170 g/mol. The van der Waals surface area contributed by atoms with Crippen LogP contribution in [0.1, 0.15) is 59.3 Å². The summed E-state index contributed by atoms with van der Waals surface area (Å²) in [5.74, 6) is 1.02. The van der Waals surface area contributed by atoms with E-state index >= 15 is 0 Å². The van der Waals surface area contributed by atoms with Gasteiger partial charge in [-0.25, -0.2) is 0 Å². The van der Waals surface area contributed by atoms with Gasteiger partial charge in [-0.15, -0.1) is 0 Å². The van der Waals surface area contributed by atoms with E-state index in [1.807, 2.05) is 0 Å². The summed E-state index contributed by atoms with van der Waals surface area (Å²) in [5, 5.41) is 0. The highest BCUT2D eigenvalue weighted by atomic mass is 15.2. The van der Waals surface area contributed by atoms with E-state index in [0.29, 0.717) is 0 Å². The first kappa shape index (κ1) is 12.0. The molecule has 1 unspecified atom stereocenters. The Kier molecular flexibility index (Phi) is 5.54. The minimum absolute atomic E-state index is 0.827. The van der Waals surface area contributed by atoms with Crippen molar-refractivity contribution >= 4 is 0 Å². The fourth-order valence-electron chi connectivity index (χ4n) is 2.48. The summed E-state index contributed by atoms with van der Waals surface area (Å²) in [4.78, 5) is 2.70. The summed E-state index contributed by atoms with van der Waals surface area (Å²) < 4.78 is 0. The van der Waals surface area contributed by atoms with Crippen LogP contribution in [0.25, 0.3) is 0 Å². The molecule has 1 heteroatoms. The van der Waals surface area contributed by atoms with Gasteiger partial charge in [-0.3, -0.25) is 0 Å². The molecule has 1 aliphatic rings. The van der Waals surface area contributed by atoms with Crippen LogP contribution >= 0.6 is 0 Å². The van der Waals surface area contributed by atoms with Gasteiger partial charge in [-0.2, -0.15) is 0 Å². The van der Waals surface area contributed by atoms with Crippen molar-refractivity contribution < 1.29 is 0 Å². The van der Waals surface area contributed by atoms with E-state index in [-0.39, 0.29) is 0 Å². The Balaban J connectivity index is 2.19. The standard InChI is InChI=1S/C13H27N/c1-4-6-7-12(3)14-10-8-13(5-2)9-11-14/h12-13H,4-11H2,1-3H3. The molecule has 0 aliphatic carbocycles. The topological polar surface area (TPSA) is 3.24 Å². The van der Waals surface area contributed by atoms with E-state index in [1.165, 1.54) is 51.6 Å². The lowest BCUT2D eigenvalue weighted by Gasteiger charge is -2.35. The van der Waals surface area contributed by atoms with Gasteiger partial charge < -0.3 is 4.90 Å². The van der Waals surface area contributed by atoms with Gasteiger partial charge in [-0.05, 0) is 45.2 Å². The lowest BCUT2D eigenvalue weighted by Crippen LogP contribution is -2.39. The first-order chi connectivity index (χ1) is 6.77. The van der Waals surface area contributed by atoms with Crippen LogP contribution in [0.3, 0.4) is 0 Å². The second-order valence-corrected chi connectivity index (χ2v) is 4.88. The zero-order chi connectivity index (χ0) is 10.4. The molecule has 0 N–H and O–H groups in total. The lowest BCUT2D eigenvalue weighted by atomic mass is 9.93. The third-order valence-electron chi connectivity index (χ3n) is 3.83. The molecule has 1 fully saturated rings. The fourth-order valence-corrected chi connectivity index (χ4v) is 2.48. The molecule has 0 spiro atoms. The Morgan fingerprint density at radius 1 is 1.21 bits per heavy atom. The zero-order valence-corrected chi connectivity index (χ0v) is 10.3. The Morgan fingerprint density at radius 3 is 2.36 bits per heavy atom. The van der Waals surface area contributed by atoms with E-state index in [2.05, 4.69) is 25.7 Å². The number of unbranched alkanes of at least 4 members (excludes halogenated alkanes) is 1. The third-order valence-corrected chi connectivity index (χ3v) is 3.83. The predicted octanol–water partition coefficient (Wildman–Crippen LogP) is 3.69. The molecule has 1 rings (SSSR count). The summed E-state index contributed by atoms with van der Waals surface area (Å²) in [7, 11) is 0. The van der Waals surface area contributed by atoms with Crippen LogP contribution in [-0.4, -0.2) is 24.0 Å². The Bertz CT molecular complexity index is 136. The number of rotatable bonds is 5. The minimum atomic E-state index is 0.827. The summed E-state index contributed by atoms with van der Waals surface area (Å²) in [6, 6.07) is 0.827. The van der Waals surface area contributed by atoms with Crippen molar-refractivity contribution in [3.63, 3.8) is 0 Å².